The topological polar surface area (TPSA) is 62.6 Å². The third kappa shape index (κ3) is 4.24. The molecule has 0 aliphatic carbocycles. The van der Waals surface area contributed by atoms with Gasteiger partial charge in [-0.1, -0.05) is 30.3 Å². The fourth-order valence-electron chi connectivity index (χ4n) is 3.60. The average Bonchev–Trinajstić information content (AvgIpc) is 3.16. The lowest BCUT2D eigenvalue weighted by molar-refractivity contribution is 0.127. The van der Waals surface area contributed by atoms with Gasteiger partial charge in [0, 0.05) is 12.7 Å². The summed E-state index contributed by atoms with van der Waals surface area (Å²) >= 11 is 0. The van der Waals surface area contributed by atoms with E-state index >= 15 is 0 Å². The zero-order chi connectivity index (χ0) is 21.1. The van der Waals surface area contributed by atoms with Gasteiger partial charge in [0.1, 0.15) is 12.4 Å². The summed E-state index contributed by atoms with van der Waals surface area (Å²) in [6.45, 7) is 8.07. The number of hydrogen-bond donors (Lipinski definition) is 0. The Kier molecular flexibility index (Phi) is 5.86. The largest absolute Gasteiger partial charge is 0.490 e. The van der Waals surface area contributed by atoms with Crippen LogP contribution in [0.2, 0.25) is 0 Å². The van der Waals surface area contributed by atoms with E-state index in [0.717, 1.165) is 17.0 Å². The summed E-state index contributed by atoms with van der Waals surface area (Å²) in [5.41, 5.74) is 5.41. The maximum Gasteiger partial charge on any atom is 0.300 e. The Morgan fingerprint density at radius 3 is 2.73 bits per heavy atom. The van der Waals surface area contributed by atoms with Gasteiger partial charge in [-0.05, 0) is 55.2 Å². The Morgan fingerprint density at radius 1 is 1.17 bits per heavy atom. The van der Waals surface area contributed by atoms with E-state index in [1.807, 2.05) is 23.6 Å². The van der Waals surface area contributed by atoms with Crippen molar-refractivity contribution in [2.75, 3.05) is 13.2 Å². The third-order valence-electron chi connectivity index (χ3n) is 5.39. The minimum Gasteiger partial charge on any atom is -0.490 e. The lowest BCUT2D eigenvalue weighted by Crippen LogP contribution is -2.23. The van der Waals surface area contributed by atoms with Gasteiger partial charge in [-0.25, -0.2) is 0 Å². The molecule has 1 aliphatic rings. The van der Waals surface area contributed by atoms with Gasteiger partial charge in [0.05, 0.1) is 18.8 Å². The molecular formula is C24H26N2O4. The number of aromatic nitrogens is 2. The molecule has 2 heterocycles. The van der Waals surface area contributed by atoms with Crippen LogP contribution in [0.1, 0.15) is 23.7 Å². The van der Waals surface area contributed by atoms with Crippen LogP contribution in [0, 0.1) is 13.8 Å². The zero-order valence-corrected chi connectivity index (χ0v) is 17.6. The second-order valence-electron chi connectivity index (χ2n) is 7.44. The van der Waals surface area contributed by atoms with Crippen LogP contribution in [0.4, 0.5) is 0 Å². The van der Waals surface area contributed by atoms with Crippen molar-refractivity contribution < 1.29 is 14.2 Å². The molecule has 0 bridgehead atoms. The highest BCUT2D eigenvalue weighted by Crippen LogP contribution is 2.27. The first kappa shape index (κ1) is 20.2. The zero-order valence-electron chi connectivity index (χ0n) is 17.6. The van der Waals surface area contributed by atoms with Gasteiger partial charge in [-0.2, -0.15) is 4.98 Å². The van der Waals surface area contributed by atoms with Gasteiger partial charge >= 0.3 is 6.01 Å². The summed E-state index contributed by atoms with van der Waals surface area (Å²) in [5, 5.41) is 0. The molecule has 30 heavy (non-hydrogen) atoms. The van der Waals surface area contributed by atoms with Crippen LogP contribution in [-0.4, -0.2) is 28.9 Å². The van der Waals surface area contributed by atoms with E-state index in [-0.39, 0.29) is 11.7 Å². The second-order valence-corrected chi connectivity index (χ2v) is 7.44. The number of benzene rings is 2. The number of aryl methyl sites for hydroxylation is 1. The summed E-state index contributed by atoms with van der Waals surface area (Å²) in [7, 11) is 0. The predicted octanol–water partition coefficient (Wildman–Crippen LogP) is 3.90. The molecule has 0 radical (unpaired) electrons. The molecule has 6 heteroatoms. The van der Waals surface area contributed by atoms with E-state index in [4.69, 9.17) is 14.2 Å². The van der Waals surface area contributed by atoms with E-state index in [1.54, 1.807) is 0 Å². The van der Waals surface area contributed by atoms with Gasteiger partial charge in [-0.3, -0.25) is 9.36 Å². The molecule has 0 spiro atoms. The Morgan fingerprint density at radius 2 is 1.97 bits per heavy atom. The molecule has 0 N–H and O–H groups in total. The maximum atomic E-state index is 11.8. The van der Waals surface area contributed by atoms with E-state index < -0.39 is 0 Å². The van der Waals surface area contributed by atoms with Crippen LogP contribution in [0.25, 0.3) is 11.1 Å². The number of rotatable bonds is 7. The highest BCUT2D eigenvalue weighted by atomic mass is 16.6. The van der Waals surface area contributed by atoms with Crippen molar-refractivity contribution in [1.29, 1.82) is 0 Å². The lowest BCUT2D eigenvalue weighted by atomic mass is 9.97. The summed E-state index contributed by atoms with van der Waals surface area (Å²) in [6, 6.07) is 16.3. The van der Waals surface area contributed by atoms with Crippen molar-refractivity contribution in [1.82, 2.24) is 9.55 Å². The van der Waals surface area contributed by atoms with Gasteiger partial charge in [0.15, 0.2) is 6.10 Å². The standard InChI is InChI=1S/C24H26N2O4/c1-4-28-14-19-12-23(27)25-24-26(19)13-21(30-24)15-29-20-10-8-18(9-11-20)22-7-5-6-16(2)17(22)3/h5-12,21H,4,13-15H2,1-3H3/t21-/m0/s1. The molecule has 0 unspecified atom stereocenters. The van der Waals surface area contributed by atoms with E-state index in [0.29, 0.717) is 32.4 Å². The number of ether oxygens (including phenoxy) is 3. The molecule has 6 nitrogen and oxygen atoms in total. The first-order valence-electron chi connectivity index (χ1n) is 10.2. The molecule has 0 amide bonds. The second kappa shape index (κ2) is 8.71. The maximum absolute atomic E-state index is 11.8. The van der Waals surface area contributed by atoms with Gasteiger partial charge < -0.3 is 14.2 Å². The van der Waals surface area contributed by atoms with Crippen molar-refractivity contribution in [3.63, 3.8) is 0 Å². The first-order valence-corrected chi connectivity index (χ1v) is 10.2. The van der Waals surface area contributed by atoms with E-state index in [2.05, 4.69) is 49.2 Å². The molecule has 0 saturated heterocycles. The van der Waals surface area contributed by atoms with Crippen LogP contribution in [0.3, 0.4) is 0 Å². The molecule has 0 fully saturated rings. The summed E-state index contributed by atoms with van der Waals surface area (Å²) < 4.78 is 19.1. The molecule has 1 atom stereocenters. The molecule has 1 aromatic heterocycles. The molecule has 156 valence electrons. The summed E-state index contributed by atoms with van der Waals surface area (Å²) in [5.74, 6) is 0.778. The van der Waals surface area contributed by atoms with Crippen LogP contribution in [0.5, 0.6) is 11.8 Å². The quantitative estimate of drug-likeness (QED) is 0.595. The fraction of sp³-hybridized carbons (Fsp3) is 0.333. The van der Waals surface area contributed by atoms with Gasteiger partial charge in [0.25, 0.3) is 5.56 Å². The molecule has 1 aliphatic heterocycles. The monoisotopic (exact) mass is 406 g/mol. The highest BCUT2D eigenvalue weighted by molar-refractivity contribution is 5.68. The van der Waals surface area contributed by atoms with E-state index in [9.17, 15) is 4.79 Å². The van der Waals surface area contributed by atoms with Crippen LogP contribution in [-0.2, 0) is 17.9 Å². The molecule has 0 saturated carbocycles. The van der Waals surface area contributed by atoms with Crippen molar-refractivity contribution in [2.24, 2.45) is 0 Å². The lowest BCUT2D eigenvalue weighted by Gasteiger charge is -2.13. The van der Waals surface area contributed by atoms with Crippen LogP contribution in [0.15, 0.2) is 53.3 Å². The number of fused-ring (bicyclic) bond motifs is 1. The molecule has 4 rings (SSSR count). The van der Waals surface area contributed by atoms with Crippen molar-refractivity contribution in [2.45, 2.75) is 40.0 Å². The van der Waals surface area contributed by atoms with Crippen molar-refractivity contribution in [3.8, 4) is 22.9 Å². The van der Waals surface area contributed by atoms with Gasteiger partial charge in [-0.15, -0.1) is 0 Å². The molecular weight excluding hydrogens is 380 g/mol. The normalized spacial score (nSPS) is 15.0. The predicted molar refractivity (Wildman–Crippen MR) is 115 cm³/mol. The summed E-state index contributed by atoms with van der Waals surface area (Å²) in [4.78, 5) is 15.8. The minimum atomic E-state index is -0.320. The molecule has 2 aromatic carbocycles. The Balaban J connectivity index is 1.41. The molecule has 3 aromatic rings. The van der Waals surface area contributed by atoms with E-state index in [1.165, 1.54) is 22.8 Å². The van der Waals surface area contributed by atoms with Gasteiger partial charge in [0.2, 0.25) is 0 Å². The average molecular weight is 406 g/mol. The Labute approximate surface area is 176 Å². The number of nitrogens with zero attached hydrogens (tertiary/aromatic N) is 2. The number of hydrogen-bond acceptors (Lipinski definition) is 5. The Hall–Kier alpha value is -3.12. The van der Waals surface area contributed by atoms with Crippen LogP contribution >= 0.6 is 0 Å². The Bertz CT molecular complexity index is 1090. The first-order chi connectivity index (χ1) is 14.5. The SMILES string of the molecule is CCOCc1cc(=O)nc2n1C[C@@H](COc1ccc(-c3cccc(C)c3C)cc1)O2. The fourth-order valence-corrected chi connectivity index (χ4v) is 3.60. The van der Waals surface area contributed by atoms with Crippen LogP contribution < -0.4 is 15.0 Å². The smallest absolute Gasteiger partial charge is 0.300 e. The van der Waals surface area contributed by atoms with Crippen molar-refractivity contribution in [3.05, 3.63) is 75.7 Å². The summed E-state index contributed by atoms with van der Waals surface area (Å²) in [6.07, 6.45) is -0.210. The third-order valence-corrected chi connectivity index (χ3v) is 5.39. The highest BCUT2D eigenvalue weighted by Gasteiger charge is 2.26. The van der Waals surface area contributed by atoms with Crippen molar-refractivity contribution >= 4 is 0 Å². The minimum absolute atomic E-state index is 0.210.